The molecule has 1 heterocycles. The molecule has 2 rings (SSSR count). The molecule has 0 unspecified atom stereocenters. The average molecular weight is 337 g/mol. The molecule has 0 aliphatic rings. The minimum Gasteiger partial charge on any atom is -0.478 e. The SMILES string of the molecule is O=C(O)C=CC(=O)NNC(=O)CSc1nc2ccccc2s1. The zero-order valence-corrected chi connectivity index (χ0v) is 12.7. The van der Waals surface area contributed by atoms with Crippen LogP contribution >= 0.6 is 23.1 Å². The van der Waals surface area contributed by atoms with Gasteiger partial charge in [-0.3, -0.25) is 20.4 Å². The third-order valence-corrected chi connectivity index (χ3v) is 4.48. The molecule has 7 nitrogen and oxygen atoms in total. The highest BCUT2D eigenvalue weighted by Gasteiger charge is 2.08. The van der Waals surface area contributed by atoms with Crippen LogP contribution in [0.1, 0.15) is 0 Å². The number of hydrogen-bond donors (Lipinski definition) is 3. The maximum Gasteiger partial charge on any atom is 0.328 e. The topological polar surface area (TPSA) is 108 Å². The number of aromatic nitrogens is 1. The Hall–Kier alpha value is -2.39. The van der Waals surface area contributed by atoms with Crippen molar-refractivity contribution in [1.29, 1.82) is 0 Å². The summed E-state index contributed by atoms with van der Waals surface area (Å²) in [5.74, 6) is -2.29. The van der Waals surface area contributed by atoms with Crippen molar-refractivity contribution in [3.8, 4) is 0 Å². The van der Waals surface area contributed by atoms with E-state index in [2.05, 4.69) is 15.8 Å². The lowest BCUT2D eigenvalue weighted by molar-refractivity contribution is -0.131. The number of hydrazine groups is 1. The molecule has 0 saturated heterocycles. The fourth-order valence-electron chi connectivity index (χ4n) is 1.40. The second-order valence-electron chi connectivity index (χ2n) is 3.95. The zero-order valence-electron chi connectivity index (χ0n) is 11.1. The van der Waals surface area contributed by atoms with Crippen molar-refractivity contribution in [2.45, 2.75) is 4.34 Å². The molecule has 9 heteroatoms. The lowest BCUT2D eigenvalue weighted by atomic mass is 10.3. The summed E-state index contributed by atoms with van der Waals surface area (Å²) in [6, 6.07) is 7.66. The number of aliphatic carboxylic acids is 1. The number of rotatable bonds is 5. The van der Waals surface area contributed by atoms with Crippen molar-refractivity contribution >= 4 is 51.1 Å². The van der Waals surface area contributed by atoms with Gasteiger partial charge in [0, 0.05) is 12.2 Å². The number of fused-ring (bicyclic) bond motifs is 1. The fourth-order valence-corrected chi connectivity index (χ4v) is 3.26. The molecule has 0 aliphatic heterocycles. The minimum absolute atomic E-state index is 0.0861. The maximum absolute atomic E-state index is 11.6. The third kappa shape index (κ3) is 4.86. The number of thiazole rings is 1. The van der Waals surface area contributed by atoms with Crippen LogP contribution in [0.3, 0.4) is 0 Å². The van der Waals surface area contributed by atoms with E-state index in [1.54, 1.807) is 0 Å². The standard InChI is InChI=1S/C13H11N3O4S2/c17-10(5-6-12(19)20)15-16-11(18)7-21-13-14-8-3-1-2-4-9(8)22-13/h1-6H,7H2,(H,15,17)(H,16,18)(H,19,20). The number of carboxylic acids is 1. The van der Waals surface area contributed by atoms with Crippen molar-refractivity contribution < 1.29 is 19.5 Å². The third-order valence-electron chi connectivity index (χ3n) is 2.30. The number of benzene rings is 1. The van der Waals surface area contributed by atoms with Crippen LogP contribution in [0, 0.1) is 0 Å². The van der Waals surface area contributed by atoms with Crippen molar-refractivity contribution in [2.75, 3.05) is 5.75 Å². The van der Waals surface area contributed by atoms with Gasteiger partial charge >= 0.3 is 5.97 Å². The number of thioether (sulfide) groups is 1. The first-order chi connectivity index (χ1) is 10.5. The van der Waals surface area contributed by atoms with Crippen LogP contribution in [-0.2, 0) is 14.4 Å². The highest BCUT2D eigenvalue weighted by Crippen LogP contribution is 2.28. The number of carbonyl (C=O) groups excluding carboxylic acids is 2. The number of amides is 2. The van der Waals surface area contributed by atoms with Crippen LogP contribution in [0.4, 0.5) is 0 Å². The molecule has 0 bridgehead atoms. The van der Waals surface area contributed by atoms with Gasteiger partial charge in [-0.15, -0.1) is 11.3 Å². The number of nitrogens with zero attached hydrogens (tertiary/aromatic N) is 1. The zero-order chi connectivity index (χ0) is 15.9. The summed E-state index contributed by atoms with van der Waals surface area (Å²) in [5, 5.41) is 8.35. The molecular formula is C13H11N3O4S2. The minimum atomic E-state index is -1.24. The Morgan fingerprint density at radius 3 is 2.73 bits per heavy atom. The molecule has 0 spiro atoms. The molecule has 1 aromatic carbocycles. The first-order valence-corrected chi connectivity index (χ1v) is 7.83. The van der Waals surface area contributed by atoms with Crippen molar-refractivity contribution in [1.82, 2.24) is 15.8 Å². The van der Waals surface area contributed by atoms with E-state index in [0.29, 0.717) is 6.08 Å². The van der Waals surface area contributed by atoms with E-state index in [0.717, 1.165) is 20.6 Å². The van der Waals surface area contributed by atoms with Gasteiger partial charge in [0.2, 0.25) is 5.91 Å². The Bertz CT molecular complexity index is 709. The van der Waals surface area contributed by atoms with Gasteiger partial charge in [-0.25, -0.2) is 9.78 Å². The van der Waals surface area contributed by atoms with Crippen LogP contribution in [-0.4, -0.2) is 33.6 Å². The van der Waals surface area contributed by atoms with E-state index >= 15 is 0 Å². The molecule has 0 aliphatic carbocycles. The number of carboxylic acid groups (broad SMARTS) is 1. The van der Waals surface area contributed by atoms with Gasteiger partial charge in [-0.1, -0.05) is 23.9 Å². The Morgan fingerprint density at radius 2 is 2.00 bits per heavy atom. The van der Waals surface area contributed by atoms with E-state index in [1.807, 2.05) is 24.3 Å². The van der Waals surface area contributed by atoms with E-state index in [4.69, 9.17) is 5.11 Å². The predicted octanol–water partition coefficient (Wildman–Crippen LogP) is 1.18. The highest BCUT2D eigenvalue weighted by atomic mass is 32.2. The summed E-state index contributed by atoms with van der Waals surface area (Å²) in [7, 11) is 0. The van der Waals surface area contributed by atoms with Crippen molar-refractivity contribution in [3.63, 3.8) is 0 Å². The fraction of sp³-hybridized carbons (Fsp3) is 0.0769. The molecule has 22 heavy (non-hydrogen) atoms. The quantitative estimate of drug-likeness (QED) is 0.429. The van der Waals surface area contributed by atoms with Gasteiger partial charge in [0.25, 0.3) is 5.91 Å². The molecule has 2 amide bonds. The largest absolute Gasteiger partial charge is 0.478 e. The molecule has 114 valence electrons. The van der Waals surface area contributed by atoms with Crippen LogP contribution < -0.4 is 10.9 Å². The summed E-state index contributed by atoms with van der Waals surface area (Å²) >= 11 is 2.74. The Balaban J connectivity index is 1.78. The Morgan fingerprint density at radius 1 is 1.23 bits per heavy atom. The van der Waals surface area contributed by atoms with Gasteiger partial charge in [0.15, 0.2) is 4.34 Å². The Labute approximate surface area is 133 Å². The second kappa shape index (κ2) is 7.57. The van der Waals surface area contributed by atoms with Gasteiger partial charge in [-0.05, 0) is 12.1 Å². The van der Waals surface area contributed by atoms with Gasteiger partial charge in [0.05, 0.1) is 16.0 Å². The average Bonchev–Trinajstić information content (AvgIpc) is 2.91. The normalized spacial score (nSPS) is 10.7. The smallest absolute Gasteiger partial charge is 0.328 e. The van der Waals surface area contributed by atoms with Crippen molar-refractivity contribution in [2.24, 2.45) is 0 Å². The second-order valence-corrected chi connectivity index (χ2v) is 6.20. The van der Waals surface area contributed by atoms with E-state index in [1.165, 1.54) is 23.1 Å². The summed E-state index contributed by atoms with van der Waals surface area (Å²) < 4.78 is 1.80. The van der Waals surface area contributed by atoms with Crippen LogP contribution in [0.15, 0.2) is 40.8 Å². The summed E-state index contributed by atoms with van der Waals surface area (Å²) in [4.78, 5) is 37.3. The highest BCUT2D eigenvalue weighted by molar-refractivity contribution is 8.01. The summed E-state index contributed by atoms with van der Waals surface area (Å²) in [5.41, 5.74) is 5.14. The summed E-state index contributed by atoms with van der Waals surface area (Å²) in [6.45, 7) is 0. The molecular weight excluding hydrogens is 326 g/mol. The summed E-state index contributed by atoms with van der Waals surface area (Å²) in [6.07, 6.45) is 1.49. The molecule has 0 fully saturated rings. The molecule has 1 aromatic heterocycles. The van der Waals surface area contributed by atoms with Gasteiger partial charge in [-0.2, -0.15) is 0 Å². The molecule has 0 saturated carbocycles. The maximum atomic E-state index is 11.6. The van der Waals surface area contributed by atoms with Crippen molar-refractivity contribution in [3.05, 3.63) is 36.4 Å². The Kier molecular flexibility index (Phi) is 5.50. The van der Waals surface area contributed by atoms with E-state index in [-0.39, 0.29) is 5.75 Å². The van der Waals surface area contributed by atoms with E-state index < -0.39 is 17.8 Å². The first-order valence-electron chi connectivity index (χ1n) is 6.03. The first kappa shape index (κ1) is 16.0. The van der Waals surface area contributed by atoms with E-state index in [9.17, 15) is 14.4 Å². The van der Waals surface area contributed by atoms with Crippen LogP contribution in [0.25, 0.3) is 10.2 Å². The molecule has 3 N–H and O–H groups in total. The predicted molar refractivity (Wildman–Crippen MR) is 83.4 cm³/mol. The molecule has 0 radical (unpaired) electrons. The van der Waals surface area contributed by atoms with Crippen LogP contribution in [0.2, 0.25) is 0 Å². The lowest BCUT2D eigenvalue weighted by Crippen LogP contribution is -2.41. The van der Waals surface area contributed by atoms with Gasteiger partial charge in [0.1, 0.15) is 0 Å². The number of para-hydroxylation sites is 1. The van der Waals surface area contributed by atoms with Crippen LogP contribution in [0.5, 0.6) is 0 Å². The lowest BCUT2D eigenvalue weighted by Gasteiger charge is -2.03. The molecule has 2 aromatic rings. The number of hydrogen-bond acceptors (Lipinski definition) is 6. The number of nitrogens with one attached hydrogen (secondary N) is 2. The monoisotopic (exact) mass is 337 g/mol. The number of carbonyl (C=O) groups is 3. The molecule has 0 atom stereocenters. The van der Waals surface area contributed by atoms with Gasteiger partial charge < -0.3 is 5.11 Å².